The number of benzene rings is 1. The fourth-order valence-corrected chi connectivity index (χ4v) is 4.84. The monoisotopic (exact) mass is 417 g/mol. The largest absolute Gasteiger partial charge is 0.481 e. The lowest BCUT2D eigenvalue weighted by atomic mass is 9.92. The van der Waals surface area contributed by atoms with Gasteiger partial charge in [0.15, 0.2) is 0 Å². The van der Waals surface area contributed by atoms with E-state index in [1.807, 2.05) is 18.4 Å². The van der Waals surface area contributed by atoms with Crippen LogP contribution in [-0.4, -0.2) is 29.1 Å². The highest BCUT2D eigenvalue weighted by atomic mass is 35.5. The third-order valence-corrected chi connectivity index (χ3v) is 6.41. The Morgan fingerprint density at radius 3 is 2.48 bits per heavy atom. The molecule has 146 valence electrons. The molecule has 3 rings (SSSR count). The number of likely N-dealkylation sites (tertiary alicyclic amines) is 1. The molecule has 1 atom stereocenters. The van der Waals surface area contributed by atoms with E-state index in [2.05, 4.69) is 4.90 Å². The summed E-state index contributed by atoms with van der Waals surface area (Å²) in [7, 11) is 0. The van der Waals surface area contributed by atoms with Crippen LogP contribution in [0.25, 0.3) is 0 Å². The van der Waals surface area contributed by atoms with Crippen molar-refractivity contribution in [2.45, 2.75) is 32.0 Å². The van der Waals surface area contributed by atoms with Crippen LogP contribution >= 0.6 is 22.9 Å². The van der Waals surface area contributed by atoms with Crippen molar-refractivity contribution in [2.24, 2.45) is 5.92 Å². The predicted octanol–water partition coefficient (Wildman–Crippen LogP) is 5.61. The molecule has 1 saturated heterocycles. The number of carbonyl (C=O) groups is 1. The normalized spacial score (nSPS) is 17.8. The lowest BCUT2D eigenvalue weighted by Crippen LogP contribution is -2.39. The minimum atomic E-state index is -4.53. The van der Waals surface area contributed by atoms with E-state index in [9.17, 15) is 23.1 Å². The second-order valence-corrected chi connectivity index (χ2v) is 8.11. The minimum Gasteiger partial charge on any atom is -0.481 e. The molecule has 2 heterocycles. The molecule has 0 amide bonds. The number of nitrogens with zero attached hydrogens (tertiary/aromatic N) is 1. The number of carboxylic acids is 1. The van der Waals surface area contributed by atoms with Gasteiger partial charge < -0.3 is 5.11 Å². The van der Waals surface area contributed by atoms with Crippen LogP contribution in [0.5, 0.6) is 0 Å². The van der Waals surface area contributed by atoms with Gasteiger partial charge in [0, 0.05) is 4.88 Å². The van der Waals surface area contributed by atoms with Crippen LogP contribution < -0.4 is 0 Å². The van der Waals surface area contributed by atoms with Crippen molar-refractivity contribution >= 4 is 28.9 Å². The summed E-state index contributed by atoms with van der Waals surface area (Å²) in [6.45, 7) is 2.97. The summed E-state index contributed by atoms with van der Waals surface area (Å²) in [6.07, 6.45) is -3.57. The van der Waals surface area contributed by atoms with E-state index in [1.54, 1.807) is 6.07 Å². The van der Waals surface area contributed by atoms with Gasteiger partial charge in [-0.3, -0.25) is 9.69 Å². The lowest BCUT2D eigenvalue weighted by molar-refractivity contribution is -0.143. The van der Waals surface area contributed by atoms with Gasteiger partial charge in [-0.25, -0.2) is 0 Å². The van der Waals surface area contributed by atoms with Gasteiger partial charge in [0.25, 0.3) is 0 Å². The Morgan fingerprint density at radius 1 is 1.30 bits per heavy atom. The van der Waals surface area contributed by atoms with Crippen molar-refractivity contribution in [3.8, 4) is 0 Å². The molecule has 0 bridgehead atoms. The summed E-state index contributed by atoms with van der Waals surface area (Å²) in [6, 6.07) is 5.63. The van der Waals surface area contributed by atoms with Crippen molar-refractivity contribution in [2.75, 3.05) is 13.1 Å². The highest BCUT2D eigenvalue weighted by Crippen LogP contribution is 2.41. The average molecular weight is 418 g/mol. The molecule has 1 aromatic carbocycles. The Kier molecular flexibility index (Phi) is 5.84. The predicted molar refractivity (Wildman–Crippen MR) is 99.3 cm³/mol. The maximum Gasteiger partial charge on any atom is 0.417 e. The molecule has 27 heavy (non-hydrogen) atoms. The molecule has 3 nitrogen and oxygen atoms in total. The third kappa shape index (κ3) is 4.31. The fraction of sp³-hybridized carbons (Fsp3) is 0.421. The summed E-state index contributed by atoms with van der Waals surface area (Å²) in [5.41, 5.74) is 0.682. The first kappa shape index (κ1) is 20.2. The molecule has 0 aliphatic carbocycles. The first-order valence-corrected chi connectivity index (χ1v) is 9.81. The quantitative estimate of drug-likeness (QED) is 0.702. The van der Waals surface area contributed by atoms with E-state index >= 15 is 0 Å². The number of aliphatic carboxylic acids is 1. The average Bonchev–Trinajstić information content (AvgIpc) is 3.02. The van der Waals surface area contributed by atoms with Crippen molar-refractivity contribution < 1.29 is 23.1 Å². The van der Waals surface area contributed by atoms with Gasteiger partial charge in [0.1, 0.15) is 0 Å². The van der Waals surface area contributed by atoms with Gasteiger partial charge >= 0.3 is 12.1 Å². The van der Waals surface area contributed by atoms with Gasteiger partial charge in [0.2, 0.25) is 0 Å². The third-order valence-electron chi connectivity index (χ3n) is 5.01. The minimum absolute atomic E-state index is 0.322. The molecule has 2 aromatic rings. The number of piperidine rings is 1. The number of thiophene rings is 1. The van der Waals surface area contributed by atoms with Gasteiger partial charge in [-0.2, -0.15) is 13.2 Å². The van der Waals surface area contributed by atoms with E-state index in [4.69, 9.17) is 11.6 Å². The SMILES string of the molecule is Cc1ccsc1C(c1ccc(Cl)c(C(F)(F)F)c1)N1CCC(C(=O)O)CC1. The highest BCUT2D eigenvalue weighted by molar-refractivity contribution is 7.10. The Labute approximate surface area is 164 Å². The van der Waals surface area contributed by atoms with Crippen molar-refractivity contribution in [3.63, 3.8) is 0 Å². The molecular weight excluding hydrogens is 399 g/mol. The van der Waals surface area contributed by atoms with Crippen LogP contribution in [0.1, 0.15) is 40.5 Å². The summed E-state index contributed by atoms with van der Waals surface area (Å²) in [5.74, 6) is -1.22. The molecule has 1 fully saturated rings. The molecule has 0 spiro atoms. The maximum atomic E-state index is 13.3. The second-order valence-electron chi connectivity index (χ2n) is 6.76. The molecular formula is C19H19ClF3NO2S. The Morgan fingerprint density at radius 2 is 1.96 bits per heavy atom. The van der Waals surface area contributed by atoms with Crippen molar-refractivity contribution in [3.05, 3.63) is 56.2 Å². The second kappa shape index (κ2) is 7.81. The zero-order valence-corrected chi connectivity index (χ0v) is 16.2. The molecule has 1 aliphatic rings. The van der Waals surface area contributed by atoms with Gasteiger partial charge in [-0.1, -0.05) is 17.7 Å². The topological polar surface area (TPSA) is 40.5 Å². The zero-order valence-electron chi connectivity index (χ0n) is 14.6. The van der Waals surface area contributed by atoms with Crippen molar-refractivity contribution in [1.82, 2.24) is 4.90 Å². The van der Waals surface area contributed by atoms with E-state index in [-0.39, 0.29) is 11.1 Å². The molecule has 8 heteroatoms. The molecule has 0 radical (unpaired) electrons. The van der Waals surface area contributed by atoms with Crippen molar-refractivity contribution in [1.29, 1.82) is 0 Å². The van der Waals surface area contributed by atoms with Gasteiger partial charge in [-0.15, -0.1) is 11.3 Å². The number of aryl methyl sites for hydroxylation is 1. The van der Waals surface area contributed by atoms with E-state index in [1.165, 1.54) is 17.4 Å². The smallest absolute Gasteiger partial charge is 0.417 e. The Bertz CT molecular complexity index is 829. The molecule has 1 N–H and O–H groups in total. The number of carboxylic acid groups (broad SMARTS) is 1. The van der Waals surface area contributed by atoms with Crippen LogP contribution in [0.15, 0.2) is 29.6 Å². The van der Waals surface area contributed by atoms with Gasteiger partial charge in [0.05, 0.1) is 22.5 Å². The van der Waals surface area contributed by atoms with Gasteiger partial charge in [-0.05, 0) is 67.6 Å². The number of hydrogen-bond acceptors (Lipinski definition) is 3. The Balaban J connectivity index is 2.00. The zero-order chi connectivity index (χ0) is 19.8. The van der Waals surface area contributed by atoms with E-state index in [0.29, 0.717) is 31.5 Å². The van der Waals surface area contributed by atoms with E-state index in [0.717, 1.165) is 16.5 Å². The molecule has 1 unspecified atom stereocenters. The molecule has 0 saturated carbocycles. The summed E-state index contributed by atoms with van der Waals surface area (Å²) < 4.78 is 40.0. The van der Waals surface area contributed by atoms with Crippen LogP contribution in [-0.2, 0) is 11.0 Å². The highest BCUT2D eigenvalue weighted by Gasteiger charge is 2.36. The molecule has 1 aliphatic heterocycles. The number of hydrogen-bond donors (Lipinski definition) is 1. The first-order chi connectivity index (χ1) is 12.7. The van der Waals surface area contributed by atoms with Crippen LogP contribution in [0.2, 0.25) is 5.02 Å². The maximum absolute atomic E-state index is 13.3. The number of rotatable bonds is 4. The standard InChI is InChI=1S/C19H19ClF3NO2S/c1-11-6-9-27-17(11)16(24-7-4-12(5-8-24)18(25)26)13-2-3-15(20)14(10-13)19(21,22)23/h2-3,6,9-10,12,16H,4-5,7-8H2,1H3,(H,25,26). The summed E-state index contributed by atoms with van der Waals surface area (Å²) in [4.78, 5) is 14.3. The van der Waals surface area contributed by atoms with Crippen LogP contribution in [0, 0.1) is 12.8 Å². The summed E-state index contributed by atoms with van der Waals surface area (Å²) in [5, 5.41) is 10.8. The van der Waals surface area contributed by atoms with Crippen LogP contribution in [0.4, 0.5) is 13.2 Å². The van der Waals surface area contributed by atoms with E-state index < -0.39 is 23.6 Å². The lowest BCUT2D eigenvalue weighted by Gasteiger charge is -2.37. The molecule has 1 aromatic heterocycles. The fourth-order valence-electron chi connectivity index (χ4n) is 3.53. The number of alkyl halides is 3. The first-order valence-electron chi connectivity index (χ1n) is 8.56. The number of halogens is 4. The van der Waals surface area contributed by atoms with Crippen LogP contribution in [0.3, 0.4) is 0 Å². The Hall–Kier alpha value is -1.57. The summed E-state index contributed by atoms with van der Waals surface area (Å²) >= 11 is 7.28.